The Kier molecular flexibility index (Phi) is 5.58. The van der Waals surface area contributed by atoms with Gasteiger partial charge in [0.05, 0.1) is 10.2 Å². The number of rotatable bonds is 4. The first kappa shape index (κ1) is 19.9. The molecule has 1 aliphatic rings. The summed E-state index contributed by atoms with van der Waals surface area (Å²) in [6.07, 6.45) is 0.0542. The van der Waals surface area contributed by atoms with Gasteiger partial charge in [-0.25, -0.2) is 4.98 Å². The molecule has 2 heterocycles. The number of carbonyl (C=O) groups is 2. The number of benzene rings is 2. The number of aliphatic imine (C=N–C) groups is 1. The van der Waals surface area contributed by atoms with Crippen molar-refractivity contribution < 1.29 is 9.59 Å². The lowest BCUT2D eigenvalue weighted by Crippen LogP contribution is -2.30. The molecule has 6 nitrogen and oxygen atoms in total. The molecule has 4 rings (SSSR count). The van der Waals surface area contributed by atoms with Crippen molar-refractivity contribution in [3.63, 3.8) is 0 Å². The Morgan fingerprint density at radius 1 is 1.31 bits per heavy atom. The average Bonchev–Trinajstić information content (AvgIpc) is 3.21. The van der Waals surface area contributed by atoms with Crippen LogP contribution in [0.2, 0.25) is 5.02 Å². The third kappa shape index (κ3) is 4.29. The van der Waals surface area contributed by atoms with Crippen LogP contribution in [0, 0.1) is 6.92 Å². The third-order valence-electron chi connectivity index (χ3n) is 4.46. The highest BCUT2D eigenvalue weighted by Crippen LogP contribution is 2.34. The van der Waals surface area contributed by atoms with Crippen molar-refractivity contribution in [2.75, 3.05) is 12.4 Å². The number of nitrogens with one attached hydrogen (secondary N) is 1. The number of hydrogen-bond acceptors (Lipinski definition) is 6. The predicted molar refractivity (Wildman–Crippen MR) is 120 cm³/mol. The summed E-state index contributed by atoms with van der Waals surface area (Å²) < 4.78 is 1.04. The van der Waals surface area contributed by atoms with Crippen molar-refractivity contribution in [1.29, 1.82) is 0 Å². The second-order valence-corrected chi connectivity index (χ2v) is 9.19. The van der Waals surface area contributed by atoms with Crippen LogP contribution in [0.4, 0.5) is 10.8 Å². The SMILES string of the molecule is Cc1ccc(Cl)cc1NC(=O)C[C@H]1SC(=Nc2nc3ccccc3s2)N(C)C1=O. The summed E-state index contributed by atoms with van der Waals surface area (Å²) in [5.41, 5.74) is 2.43. The van der Waals surface area contributed by atoms with Gasteiger partial charge in [0.2, 0.25) is 16.9 Å². The zero-order valence-corrected chi connectivity index (χ0v) is 18.1. The lowest BCUT2D eigenvalue weighted by atomic mass is 10.2. The topological polar surface area (TPSA) is 74.7 Å². The minimum absolute atomic E-state index is 0.0542. The number of hydrogen-bond donors (Lipinski definition) is 1. The Morgan fingerprint density at radius 2 is 2.10 bits per heavy atom. The van der Waals surface area contributed by atoms with Gasteiger partial charge in [-0.15, -0.1) is 0 Å². The molecule has 29 heavy (non-hydrogen) atoms. The van der Waals surface area contributed by atoms with E-state index in [0.29, 0.717) is 21.0 Å². The zero-order valence-electron chi connectivity index (χ0n) is 15.7. The molecule has 1 aromatic heterocycles. The molecule has 1 fully saturated rings. The van der Waals surface area contributed by atoms with Crippen LogP contribution < -0.4 is 5.32 Å². The number of carbonyl (C=O) groups excluding carboxylic acids is 2. The van der Waals surface area contributed by atoms with Gasteiger partial charge >= 0.3 is 0 Å². The zero-order chi connectivity index (χ0) is 20.5. The largest absolute Gasteiger partial charge is 0.326 e. The summed E-state index contributed by atoms with van der Waals surface area (Å²) in [5, 5.41) is 4.00. The fraction of sp³-hybridized carbons (Fsp3) is 0.200. The molecular formula is C20H17ClN4O2S2. The number of aromatic nitrogens is 1. The molecule has 0 saturated carbocycles. The number of thiazole rings is 1. The Morgan fingerprint density at radius 3 is 2.90 bits per heavy atom. The van der Waals surface area contributed by atoms with Crippen molar-refractivity contribution in [2.45, 2.75) is 18.6 Å². The van der Waals surface area contributed by atoms with Crippen LogP contribution in [0.3, 0.4) is 0 Å². The summed E-state index contributed by atoms with van der Waals surface area (Å²) in [4.78, 5) is 35.6. The lowest BCUT2D eigenvalue weighted by molar-refractivity contribution is -0.127. The quantitative estimate of drug-likeness (QED) is 0.624. The maximum Gasteiger partial charge on any atom is 0.242 e. The van der Waals surface area contributed by atoms with Crippen LogP contribution in [-0.4, -0.2) is 39.2 Å². The molecule has 1 N–H and O–H groups in total. The molecule has 0 aliphatic carbocycles. The van der Waals surface area contributed by atoms with Crippen LogP contribution in [0.5, 0.6) is 0 Å². The predicted octanol–water partition coefficient (Wildman–Crippen LogP) is 4.85. The number of nitrogens with zero attached hydrogens (tertiary/aromatic N) is 3. The monoisotopic (exact) mass is 444 g/mol. The molecule has 1 atom stereocenters. The van der Waals surface area contributed by atoms with E-state index < -0.39 is 5.25 Å². The summed E-state index contributed by atoms with van der Waals surface area (Å²) in [5.74, 6) is -0.385. The van der Waals surface area contributed by atoms with Crippen LogP contribution >= 0.6 is 34.7 Å². The molecule has 0 radical (unpaired) electrons. The Hall–Kier alpha value is -2.42. The molecule has 1 saturated heterocycles. The van der Waals surface area contributed by atoms with Gasteiger partial charge in [-0.05, 0) is 36.8 Å². The second-order valence-electron chi connectivity index (χ2n) is 6.57. The molecule has 3 aromatic rings. The highest BCUT2D eigenvalue weighted by molar-refractivity contribution is 8.15. The van der Waals surface area contributed by atoms with Crippen LogP contribution in [-0.2, 0) is 9.59 Å². The molecule has 0 unspecified atom stereocenters. The van der Waals surface area contributed by atoms with Crippen LogP contribution in [0.1, 0.15) is 12.0 Å². The molecule has 2 aromatic carbocycles. The first-order valence-electron chi connectivity index (χ1n) is 8.85. The summed E-state index contributed by atoms with van der Waals surface area (Å²) in [6, 6.07) is 13.1. The van der Waals surface area contributed by atoms with Crippen molar-refractivity contribution in [3.8, 4) is 0 Å². The highest BCUT2D eigenvalue weighted by atomic mass is 35.5. The normalized spacial score (nSPS) is 18.0. The van der Waals surface area contributed by atoms with Gasteiger partial charge in [-0.2, -0.15) is 4.99 Å². The van der Waals surface area contributed by atoms with E-state index in [0.717, 1.165) is 15.8 Å². The molecule has 1 aliphatic heterocycles. The van der Waals surface area contributed by atoms with E-state index in [1.165, 1.54) is 28.0 Å². The van der Waals surface area contributed by atoms with E-state index in [4.69, 9.17) is 11.6 Å². The molecule has 2 amide bonds. The number of thioether (sulfide) groups is 1. The fourth-order valence-electron chi connectivity index (χ4n) is 2.89. The number of fused-ring (bicyclic) bond motifs is 1. The van der Waals surface area contributed by atoms with Gasteiger partial charge in [0.25, 0.3) is 0 Å². The van der Waals surface area contributed by atoms with Gasteiger partial charge in [0.15, 0.2) is 5.17 Å². The van der Waals surface area contributed by atoms with Gasteiger partial charge < -0.3 is 5.32 Å². The highest BCUT2D eigenvalue weighted by Gasteiger charge is 2.37. The Bertz CT molecular complexity index is 1110. The number of para-hydroxylation sites is 1. The molecular weight excluding hydrogens is 428 g/mol. The first-order valence-corrected chi connectivity index (χ1v) is 10.9. The summed E-state index contributed by atoms with van der Waals surface area (Å²) >= 11 is 8.75. The smallest absolute Gasteiger partial charge is 0.242 e. The van der Waals surface area contributed by atoms with E-state index in [2.05, 4.69) is 15.3 Å². The summed E-state index contributed by atoms with van der Waals surface area (Å²) in [6.45, 7) is 1.89. The van der Waals surface area contributed by atoms with Crippen molar-refractivity contribution >= 4 is 72.7 Å². The number of anilines is 1. The number of amides is 2. The van der Waals surface area contributed by atoms with Crippen LogP contribution in [0.15, 0.2) is 47.5 Å². The van der Waals surface area contributed by atoms with Crippen LogP contribution in [0.25, 0.3) is 10.2 Å². The van der Waals surface area contributed by atoms with E-state index in [-0.39, 0.29) is 18.2 Å². The van der Waals surface area contributed by atoms with E-state index in [1.54, 1.807) is 19.2 Å². The fourth-order valence-corrected chi connectivity index (χ4v) is 5.09. The third-order valence-corrected chi connectivity index (χ3v) is 6.85. The standard InChI is InChI=1S/C20H17ClN4O2S2/c1-11-7-8-12(21)9-14(11)22-17(26)10-16-18(27)25(2)20(29-16)24-19-23-13-5-3-4-6-15(13)28-19/h3-9,16H,10H2,1-2H3,(H,22,26)/t16-/m1/s1. The van der Waals surface area contributed by atoms with E-state index in [9.17, 15) is 9.59 Å². The second kappa shape index (κ2) is 8.14. The Balaban J connectivity index is 1.47. The molecule has 9 heteroatoms. The van der Waals surface area contributed by atoms with Gasteiger partial charge in [-0.3, -0.25) is 14.5 Å². The van der Waals surface area contributed by atoms with Crippen molar-refractivity contribution in [1.82, 2.24) is 9.88 Å². The van der Waals surface area contributed by atoms with Crippen molar-refractivity contribution in [3.05, 3.63) is 53.1 Å². The van der Waals surface area contributed by atoms with E-state index >= 15 is 0 Å². The van der Waals surface area contributed by atoms with E-state index in [1.807, 2.05) is 37.3 Å². The molecule has 148 valence electrons. The number of halogens is 1. The maximum atomic E-state index is 12.6. The first-order chi connectivity index (χ1) is 13.9. The van der Waals surface area contributed by atoms with Gasteiger partial charge in [0, 0.05) is 24.2 Å². The van der Waals surface area contributed by atoms with Gasteiger partial charge in [-0.1, -0.05) is 52.9 Å². The molecule has 0 bridgehead atoms. The van der Waals surface area contributed by atoms with Crippen molar-refractivity contribution in [2.24, 2.45) is 4.99 Å². The van der Waals surface area contributed by atoms with Gasteiger partial charge in [0.1, 0.15) is 5.25 Å². The maximum absolute atomic E-state index is 12.6. The summed E-state index contributed by atoms with van der Waals surface area (Å²) in [7, 11) is 1.67. The number of amidine groups is 1. The minimum Gasteiger partial charge on any atom is -0.326 e. The average molecular weight is 445 g/mol. The minimum atomic E-state index is -0.521. The Labute approximate surface area is 181 Å². The number of aryl methyl sites for hydroxylation is 1. The lowest BCUT2D eigenvalue weighted by Gasteiger charge is -2.11. The molecule has 0 spiro atoms.